The summed E-state index contributed by atoms with van der Waals surface area (Å²) in [6.45, 7) is 0. The Morgan fingerprint density at radius 1 is 0.615 bits per heavy atom. The first-order valence-electron chi connectivity index (χ1n) is 13.7. The van der Waals surface area contributed by atoms with Crippen LogP contribution < -0.4 is 0 Å². The number of hydrogen-bond donors (Lipinski definition) is 0. The molecule has 9 rings (SSSR count). The van der Waals surface area contributed by atoms with Gasteiger partial charge in [-0.3, -0.25) is 4.57 Å². The second kappa shape index (κ2) is 7.78. The van der Waals surface area contributed by atoms with Gasteiger partial charge in [0, 0.05) is 22.0 Å². The molecule has 2 aliphatic carbocycles. The van der Waals surface area contributed by atoms with Gasteiger partial charge < -0.3 is 0 Å². The van der Waals surface area contributed by atoms with Crippen molar-refractivity contribution in [3.63, 3.8) is 0 Å². The van der Waals surface area contributed by atoms with E-state index in [-0.39, 0.29) is 0 Å². The molecule has 1 aromatic heterocycles. The zero-order valence-electron chi connectivity index (χ0n) is 21.4. The fourth-order valence-corrected chi connectivity index (χ4v) is 6.93. The largest absolute Gasteiger partial charge is 0.292 e. The van der Waals surface area contributed by atoms with Crippen molar-refractivity contribution in [1.29, 1.82) is 0 Å². The Morgan fingerprint density at radius 3 is 2.21 bits per heavy atom. The molecule has 0 spiro atoms. The van der Waals surface area contributed by atoms with Crippen molar-refractivity contribution in [2.75, 3.05) is 0 Å². The first kappa shape index (κ1) is 21.0. The summed E-state index contributed by atoms with van der Waals surface area (Å²) in [5.74, 6) is 0.992. The number of benzene rings is 6. The van der Waals surface area contributed by atoms with Gasteiger partial charge in [-0.2, -0.15) is 0 Å². The number of allylic oxidation sites excluding steroid dienone is 3. The topological polar surface area (TPSA) is 17.8 Å². The Morgan fingerprint density at radius 2 is 1.36 bits per heavy atom. The molecule has 1 heterocycles. The quantitative estimate of drug-likeness (QED) is 0.218. The average molecular weight is 497 g/mol. The standard InChI is InChI=1S/C37H24N2/c1-2-11-26(12-3-1)39-36-31-16-7-5-14-28(31)27-13-4-6-15-30(27)35(36)38-37(39)32-22-20-25-18-17-23-9-8-10-24-19-21-29(32)34(25)33(23)24/h1-8,10-17,19-22H,9,18H2. The van der Waals surface area contributed by atoms with Gasteiger partial charge in [0.15, 0.2) is 0 Å². The smallest absolute Gasteiger partial charge is 0.146 e. The Bertz CT molecular complexity index is 2210. The predicted molar refractivity (Wildman–Crippen MR) is 164 cm³/mol. The van der Waals surface area contributed by atoms with Crippen LogP contribution in [-0.4, -0.2) is 9.55 Å². The molecule has 182 valence electrons. The number of hydrogen-bond acceptors (Lipinski definition) is 1. The summed E-state index contributed by atoms with van der Waals surface area (Å²) < 4.78 is 2.39. The summed E-state index contributed by atoms with van der Waals surface area (Å²) in [5.41, 5.74) is 10.1. The van der Waals surface area contributed by atoms with Crippen LogP contribution in [0.5, 0.6) is 0 Å². The molecule has 2 aliphatic rings. The van der Waals surface area contributed by atoms with Crippen molar-refractivity contribution in [1.82, 2.24) is 9.55 Å². The normalized spacial score (nSPS) is 14.0. The molecule has 0 aliphatic heterocycles. The van der Waals surface area contributed by atoms with Gasteiger partial charge in [-0.25, -0.2) is 4.98 Å². The van der Waals surface area contributed by atoms with E-state index in [2.05, 4.69) is 126 Å². The summed E-state index contributed by atoms with van der Waals surface area (Å²) in [5, 5.41) is 7.60. The minimum absolute atomic E-state index is 0.987. The highest BCUT2D eigenvalue weighted by atomic mass is 15.1. The van der Waals surface area contributed by atoms with E-state index in [1.165, 1.54) is 60.1 Å². The third kappa shape index (κ3) is 2.83. The highest BCUT2D eigenvalue weighted by Gasteiger charge is 2.25. The van der Waals surface area contributed by atoms with Crippen molar-refractivity contribution in [2.45, 2.75) is 12.8 Å². The molecule has 0 amide bonds. The molecule has 6 aromatic carbocycles. The predicted octanol–water partition coefficient (Wildman–Crippen LogP) is 9.51. The summed E-state index contributed by atoms with van der Waals surface area (Å²) >= 11 is 0. The lowest BCUT2D eigenvalue weighted by molar-refractivity contribution is 1.11. The van der Waals surface area contributed by atoms with Gasteiger partial charge in [0.25, 0.3) is 0 Å². The van der Waals surface area contributed by atoms with Crippen LogP contribution in [0.1, 0.15) is 23.1 Å². The van der Waals surface area contributed by atoms with Crippen LogP contribution in [0.4, 0.5) is 0 Å². The molecule has 2 heteroatoms. The maximum absolute atomic E-state index is 5.50. The zero-order chi connectivity index (χ0) is 25.5. The first-order valence-corrected chi connectivity index (χ1v) is 13.7. The van der Waals surface area contributed by atoms with Gasteiger partial charge >= 0.3 is 0 Å². The molecule has 0 bridgehead atoms. The van der Waals surface area contributed by atoms with E-state index in [1.54, 1.807) is 0 Å². The number of imidazole rings is 1. The molecular weight excluding hydrogens is 472 g/mol. The van der Waals surface area contributed by atoms with Crippen LogP contribution in [0.25, 0.3) is 72.1 Å². The highest BCUT2D eigenvalue weighted by Crippen LogP contribution is 2.45. The molecule has 7 aromatic rings. The van der Waals surface area contributed by atoms with E-state index >= 15 is 0 Å². The number of aromatic nitrogens is 2. The number of rotatable bonds is 2. The average Bonchev–Trinajstić information content (AvgIpc) is 3.41. The van der Waals surface area contributed by atoms with Gasteiger partial charge in [0.2, 0.25) is 0 Å². The minimum atomic E-state index is 0.987. The number of para-hydroxylation sites is 1. The van der Waals surface area contributed by atoms with Gasteiger partial charge in [0.1, 0.15) is 5.82 Å². The summed E-state index contributed by atoms with van der Waals surface area (Å²) in [7, 11) is 0. The van der Waals surface area contributed by atoms with Crippen molar-refractivity contribution >= 4 is 55.0 Å². The van der Waals surface area contributed by atoms with Gasteiger partial charge in [-0.05, 0) is 68.8 Å². The van der Waals surface area contributed by atoms with Crippen LogP contribution in [0, 0.1) is 0 Å². The molecule has 0 fully saturated rings. The summed E-state index contributed by atoms with van der Waals surface area (Å²) in [6, 6.07) is 37.4. The molecule has 0 unspecified atom stereocenters. The van der Waals surface area contributed by atoms with E-state index in [4.69, 9.17) is 4.98 Å². The van der Waals surface area contributed by atoms with Crippen molar-refractivity contribution in [3.05, 3.63) is 132 Å². The van der Waals surface area contributed by atoms with Crippen LogP contribution in [-0.2, 0) is 6.42 Å². The number of nitrogens with zero attached hydrogens (tertiary/aromatic N) is 2. The van der Waals surface area contributed by atoms with Crippen LogP contribution in [0.2, 0.25) is 0 Å². The van der Waals surface area contributed by atoms with Crippen molar-refractivity contribution < 1.29 is 0 Å². The zero-order valence-corrected chi connectivity index (χ0v) is 21.4. The lowest BCUT2D eigenvalue weighted by Gasteiger charge is -2.24. The molecule has 0 saturated heterocycles. The highest BCUT2D eigenvalue weighted by molar-refractivity contribution is 6.24. The van der Waals surface area contributed by atoms with E-state index in [0.717, 1.165) is 35.4 Å². The Kier molecular flexibility index (Phi) is 4.20. The first-order chi connectivity index (χ1) is 19.4. The van der Waals surface area contributed by atoms with Gasteiger partial charge in [-0.1, -0.05) is 109 Å². The van der Waals surface area contributed by atoms with E-state index in [0.29, 0.717) is 0 Å². The lowest BCUT2D eigenvalue weighted by atomic mass is 9.80. The van der Waals surface area contributed by atoms with Crippen LogP contribution in [0.3, 0.4) is 0 Å². The fraction of sp³-hybridized carbons (Fsp3) is 0.0541. The molecule has 0 saturated carbocycles. The summed E-state index contributed by atoms with van der Waals surface area (Å²) in [6.07, 6.45) is 8.99. The SMILES string of the molecule is C1=Cc2ccc3c(-c4nc5c6ccccc6c6ccccc6c5n4-c4ccccc4)ccc4c3c2C(=CC4)C1. The fourth-order valence-electron chi connectivity index (χ4n) is 6.93. The van der Waals surface area contributed by atoms with E-state index in [9.17, 15) is 0 Å². The van der Waals surface area contributed by atoms with Gasteiger partial charge in [0.05, 0.1) is 11.0 Å². The summed E-state index contributed by atoms with van der Waals surface area (Å²) in [4.78, 5) is 5.50. The Labute approximate surface area is 226 Å². The number of fused-ring (bicyclic) bond motifs is 6. The molecule has 0 atom stereocenters. The maximum atomic E-state index is 5.50. The monoisotopic (exact) mass is 496 g/mol. The minimum Gasteiger partial charge on any atom is -0.292 e. The third-order valence-electron chi connectivity index (χ3n) is 8.61. The van der Waals surface area contributed by atoms with Crippen LogP contribution >= 0.6 is 0 Å². The van der Waals surface area contributed by atoms with Crippen molar-refractivity contribution in [2.24, 2.45) is 0 Å². The van der Waals surface area contributed by atoms with E-state index in [1.807, 2.05) is 0 Å². The van der Waals surface area contributed by atoms with Gasteiger partial charge in [-0.15, -0.1) is 0 Å². The van der Waals surface area contributed by atoms with Crippen LogP contribution in [0.15, 0.2) is 115 Å². The Hall–Kier alpha value is -4.95. The molecule has 2 nitrogen and oxygen atoms in total. The molecule has 39 heavy (non-hydrogen) atoms. The molecule has 0 radical (unpaired) electrons. The Balaban J connectivity index is 1.49. The lowest BCUT2D eigenvalue weighted by Crippen LogP contribution is -2.05. The third-order valence-corrected chi connectivity index (χ3v) is 8.61. The second-order valence-corrected chi connectivity index (χ2v) is 10.7. The molecular formula is C37H24N2. The van der Waals surface area contributed by atoms with Crippen molar-refractivity contribution in [3.8, 4) is 17.1 Å². The maximum Gasteiger partial charge on any atom is 0.146 e. The van der Waals surface area contributed by atoms with E-state index < -0.39 is 0 Å². The second-order valence-electron chi connectivity index (χ2n) is 10.7. The molecule has 0 N–H and O–H groups in total.